The number of aromatic nitrogens is 1. The molecule has 6 heteroatoms. The fourth-order valence-electron chi connectivity index (χ4n) is 2.50. The van der Waals surface area contributed by atoms with E-state index in [-0.39, 0.29) is 0 Å². The molecule has 126 valence electrons. The van der Waals surface area contributed by atoms with E-state index in [0.717, 1.165) is 27.7 Å². The van der Waals surface area contributed by atoms with Crippen LogP contribution in [0.25, 0.3) is 10.9 Å². The first-order valence-corrected chi connectivity index (χ1v) is 7.83. The van der Waals surface area contributed by atoms with E-state index < -0.39 is 11.8 Å². The number of para-hydroxylation sites is 1. The Bertz CT molecular complexity index is 955. The average molecular weight is 334 g/mol. The first-order chi connectivity index (χ1) is 12.0. The molecule has 0 aliphatic carbocycles. The van der Waals surface area contributed by atoms with Crippen LogP contribution in [0.15, 0.2) is 53.6 Å². The SMILES string of the molecule is Cc1ccc(NC(=O)C(=O)N/N=C/c2c(C)[nH]c3ccccc23)cc1. The van der Waals surface area contributed by atoms with Crippen molar-refractivity contribution < 1.29 is 9.59 Å². The summed E-state index contributed by atoms with van der Waals surface area (Å²) >= 11 is 0. The molecule has 2 aromatic carbocycles. The Kier molecular flexibility index (Phi) is 4.61. The quantitative estimate of drug-likeness (QED) is 0.391. The van der Waals surface area contributed by atoms with Gasteiger partial charge in [0, 0.05) is 27.8 Å². The molecular formula is C19H18N4O2. The molecule has 0 bridgehead atoms. The number of nitrogens with zero attached hydrogens (tertiary/aromatic N) is 1. The van der Waals surface area contributed by atoms with Gasteiger partial charge in [-0.1, -0.05) is 35.9 Å². The lowest BCUT2D eigenvalue weighted by atomic mass is 10.1. The van der Waals surface area contributed by atoms with Crippen molar-refractivity contribution in [1.29, 1.82) is 0 Å². The largest absolute Gasteiger partial charge is 0.358 e. The maximum absolute atomic E-state index is 11.9. The Hall–Kier alpha value is -3.41. The number of hydrazone groups is 1. The van der Waals surface area contributed by atoms with Crippen molar-refractivity contribution in [2.45, 2.75) is 13.8 Å². The molecule has 0 saturated heterocycles. The molecule has 3 rings (SSSR count). The van der Waals surface area contributed by atoms with Crippen LogP contribution in [0.5, 0.6) is 0 Å². The van der Waals surface area contributed by atoms with E-state index >= 15 is 0 Å². The van der Waals surface area contributed by atoms with E-state index in [9.17, 15) is 9.59 Å². The highest BCUT2D eigenvalue weighted by atomic mass is 16.2. The Morgan fingerprint density at radius 1 is 1.00 bits per heavy atom. The minimum absolute atomic E-state index is 0.558. The molecule has 0 radical (unpaired) electrons. The van der Waals surface area contributed by atoms with E-state index in [4.69, 9.17) is 0 Å². The highest BCUT2D eigenvalue weighted by Crippen LogP contribution is 2.19. The van der Waals surface area contributed by atoms with Crippen LogP contribution in [-0.4, -0.2) is 23.0 Å². The number of carbonyl (C=O) groups excluding carboxylic acids is 2. The van der Waals surface area contributed by atoms with Crippen LogP contribution < -0.4 is 10.7 Å². The highest BCUT2D eigenvalue weighted by Gasteiger charge is 2.13. The number of anilines is 1. The number of nitrogens with one attached hydrogen (secondary N) is 3. The van der Waals surface area contributed by atoms with Gasteiger partial charge in [0.05, 0.1) is 6.21 Å². The second-order valence-corrected chi connectivity index (χ2v) is 5.73. The normalized spacial score (nSPS) is 11.0. The molecule has 0 aliphatic rings. The summed E-state index contributed by atoms with van der Waals surface area (Å²) in [5.74, 6) is -1.59. The Balaban J connectivity index is 1.64. The number of benzene rings is 2. The van der Waals surface area contributed by atoms with Crippen LogP contribution in [0.1, 0.15) is 16.8 Å². The molecule has 6 nitrogen and oxygen atoms in total. The Labute approximate surface area is 144 Å². The number of carbonyl (C=O) groups is 2. The summed E-state index contributed by atoms with van der Waals surface area (Å²) in [4.78, 5) is 27.0. The van der Waals surface area contributed by atoms with Gasteiger partial charge in [0.25, 0.3) is 0 Å². The molecule has 0 fully saturated rings. The van der Waals surface area contributed by atoms with Crippen molar-refractivity contribution in [2.24, 2.45) is 5.10 Å². The van der Waals surface area contributed by atoms with Crippen molar-refractivity contribution >= 4 is 34.6 Å². The maximum atomic E-state index is 11.9. The van der Waals surface area contributed by atoms with Gasteiger partial charge in [0.1, 0.15) is 0 Å². The van der Waals surface area contributed by atoms with Gasteiger partial charge in [-0.25, -0.2) is 5.43 Å². The van der Waals surface area contributed by atoms with Gasteiger partial charge in [0.15, 0.2) is 0 Å². The zero-order valence-electron chi connectivity index (χ0n) is 14.0. The number of H-pyrrole nitrogens is 1. The van der Waals surface area contributed by atoms with Crippen LogP contribution in [0.4, 0.5) is 5.69 Å². The minimum Gasteiger partial charge on any atom is -0.358 e. The number of amides is 2. The molecule has 0 spiro atoms. The average Bonchev–Trinajstić information content (AvgIpc) is 2.92. The summed E-state index contributed by atoms with van der Waals surface area (Å²) in [5.41, 5.74) is 6.67. The van der Waals surface area contributed by atoms with E-state index in [1.807, 2.05) is 50.2 Å². The van der Waals surface area contributed by atoms with Crippen LogP contribution >= 0.6 is 0 Å². The first-order valence-electron chi connectivity index (χ1n) is 7.83. The summed E-state index contributed by atoms with van der Waals surface area (Å²) in [6, 6.07) is 15.0. The lowest BCUT2D eigenvalue weighted by Crippen LogP contribution is -2.32. The lowest BCUT2D eigenvalue weighted by Gasteiger charge is -2.04. The number of fused-ring (bicyclic) bond motifs is 1. The van der Waals surface area contributed by atoms with Crippen LogP contribution in [-0.2, 0) is 9.59 Å². The minimum atomic E-state index is -0.825. The van der Waals surface area contributed by atoms with Gasteiger partial charge < -0.3 is 10.3 Å². The Morgan fingerprint density at radius 2 is 1.72 bits per heavy atom. The molecule has 1 aromatic heterocycles. The summed E-state index contributed by atoms with van der Waals surface area (Å²) in [7, 11) is 0. The summed E-state index contributed by atoms with van der Waals surface area (Å²) in [6.45, 7) is 3.87. The monoisotopic (exact) mass is 334 g/mol. The van der Waals surface area contributed by atoms with E-state index in [2.05, 4.69) is 20.8 Å². The molecule has 2 amide bonds. The second-order valence-electron chi connectivity index (χ2n) is 5.73. The molecule has 0 saturated carbocycles. The van der Waals surface area contributed by atoms with E-state index in [0.29, 0.717) is 5.69 Å². The molecule has 3 aromatic rings. The zero-order chi connectivity index (χ0) is 17.8. The van der Waals surface area contributed by atoms with Gasteiger partial charge in [-0.3, -0.25) is 9.59 Å². The van der Waals surface area contributed by atoms with Crippen molar-refractivity contribution in [3.8, 4) is 0 Å². The molecule has 1 heterocycles. The van der Waals surface area contributed by atoms with Gasteiger partial charge >= 0.3 is 11.8 Å². The predicted molar refractivity (Wildman–Crippen MR) is 98.6 cm³/mol. The van der Waals surface area contributed by atoms with Crippen LogP contribution in [0, 0.1) is 13.8 Å². The predicted octanol–water partition coefficient (Wildman–Crippen LogP) is 2.87. The fraction of sp³-hybridized carbons (Fsp3) is 0.105. The third-order valence-electron chi connectivity index (χ3n) is 3.82. The van der Waals surface area contributed by atoms with Crippen molar-refractivity contribution in [1.82, 2.24) is 10.4 Å². The molecule has 3 N–H and O–H groups in total. The standard InChI is InChI=1S/C19H18N4O2/c1-12-7-9-14(10-8-12)22-18(24)19(25)23-20-11-16-13(2)21-17-6-4-3-5-15(16)17/h3-11,21H,1-2H3,(H,22,24)(H,23,25)/b20-11+. The van der Waals surface area contributed by atoms with Crippen molar-refractivity contribution in [3.05, 3.63) is 65.4 Å². The summed E-state index contributed by atoms with van der Waals surface area (Å²) in [5, 5.41) is 7.42. The van der Waals surface area contributed by atoms with Crippen molar-refractivity contribution in [2.75, 3.05) is 5.32 Å². The molecule has 0 unspecified atom stereocenters. The topological polar surface area (TPSA) is 86.3 Å². The van der Waals surface area contributed by atoms with Gasteiger partial charge in [-0.15, -0.1) is 0 Å². The first kappa shape index (κ1) is 16.4. The summed E-state index contributed by atoms with van der Waals surface area (Å²) < 4.78 is 0. The van der Waals surface area contributed by atoms with Gasteiger partial charge in [0.2, 0.25) is 0 Å². The summed E-state index contributed by atoms with van der Waals surface area (Å²) in [6.07, 6.45) is 1.53. The smallest absolute Gasteiger partial charge is 0.329 e. The number of hydrogen-bond donors (Lipinski definition) is 3. The zero-order valence-corrected chi connectivity index (χ0v) is 14.0. The number of hydrogen-bond acceptors (Lipinski definition) is 3. The van der Waals surface area contributed by atoms with Gasteiger partial charge in [-0.2, -0.15) is 5.10 Å². The number of rotatable bonds is 3. The van der Waals surface area contributed by atoms with Crippen molar-refractivity contribution in [3.63, 3.8) is 0 Å². The van der Waals surface area contributed by atoms with Gasteiger partial charge in [-0.05, 0) is 32.0 Å². The van der Waals surface area contributed by atoms with E-state index in [1.54, 1.807) is 12.1 Å². The molecule has 0 atom stereocenters. The number of aromatic amines is 1. The molecule has 0 aliphatic heterocycles. The molecular weight excluding hydrogens is 316 g/mol. The Morgan fingerprint density at radius 3 is 2.48 bits per heavy atom. The fourth-order valence-corrected chi connectivity index (χ4v) is 2.50. The second kappa shape index (κ2) is 7.00. The molecule has 25 heavy (non-hydrogen) atoms. The third-order valence-corrected chi connectivity index (χ3v) is 3.82. The lowest BCUT2D eigenvalue weighted by molar-refractivity contribution is -0.136. The third kappa shape index (κ3) is 3.74. The number of aryl methyl sites for hydroxylation is 2. The highest BCUT2D eigenvalue weighted by molar-refractivity contribution is 6.39. The van der Waals surface area contributed by atoms with Crippen LogP contribution in [0.2, 0.25) is 0 Å². The maximum Gasteiger partial charge on any atom is 0.329 e. The van der Waals surface area contributed by atoms with E-state index in [1.165, 1.54) is 6.21 Å². The van der Waals surface area contributed by atoms with Crippen LogP contribution in [0.3, 0.4) is 0 Å².